The third-order valence-electron chi connectivity index (χ3n) is 4.06. The van der Waals surface area contributed by atoms with Crippen LogP contribution >= 0.6 is 11.6 Å². The van der Waals surface area contributed by atoms with E-state index in [-0.39, 0.29) is 11.0 Å². The summed E-state index contributed by atoms with van der Waals surface area (Å²) in [6, 6.07) is 4.82. The van der Waals surface area contributed by atoms with Gasteiger partial charge in [0.1, 0.15) is 0 Å². The van der Waals surface area contributed by atoms with Gasteiger partial charge in [0, 0.05) is 17.8 Å². The fourth-order valence-electron chi connectivity index (χ4n) is 2.77. The van der Waals surface area contributed by atoms with Crippen LogP contribution in [-0.2, 0) is 21.3 Å². The average Bonchev–Trinajstić information content (AvgIpc) is 2.97. The largest absolute Gasteiger partial charge is 0.376 e. The predicted molar refractivity (Wildman–Crippen MR) is 92.8 cm³/mol. The van der Waals surface area contributed by atoms with Gasteiger partial charge in [0.25, 0.3) is 10.0 Å². The first-order valence-corrected chi connectivity index (χ1v) is 9.74. The van der Waals surface area contributed by atoms with Crippen molar-refractivity contribution in [3.05, 3.63) is 41.2 Å². The molecule has 1 unspecified atom stereocenters. The summed E-state index contributed by atoms with van der Waals surface area (Å²) in [6.07, 6.45) is 6.57. The van der Waals surface area contributed by atoms with Crippen molar-refractivity contribution in [3.63, 3.8) is 0 Å². The topological polar surface area (TPSA) is 73.2 Å². The number of anilines is 1. The van der Waals surface area contributed by atoms with Crippen LogP contribution in [0.4, 0.5) is 5.69 Å². The Morgan fingerprint density at radius 1 is 1.42 bits per heavy atom. The minimum absolute atomic E-state index is 0.137. The first-order valence-electron chi connectivity index (χ1n) is 7.88. The minimum atomic E-state index is -3.71. The molecule has 0 radical (unpaired) electrons. The Labute approximate surface area is 146 Å². The molecule has 1 saturated heterocycles. The quantitative estimate of drug-likeness (QED) is 0.878. The van der Waals surface area contributed by atoms with E-state index in [1.54, 1.807) is 29.9 Å². The zero-order chi connectivity index (χ0) is 17.2. The first kappa shape index (κ1) is 17.3. The fraction of sp³-hybridized carbons (Fsp3) is 0.438. The normalized spacial score (nSPS) is 18.5. The predicted octanol–water partition coefficient (Wildman–Crippen LogP) is 3.21. The van der Waals surface area contributed by atoms with Gasteiger partial charge in [0.2, 0.25) is 0 Å². The third-order valence-corrected chi connectivity index (χ3v) is 5.99. The molecule has 0 spiro atoms. The van der Waals surface area contributed by atoms with Crippen molar-refractivity contribution in [2.45, 2.75) is 43.7 Å². The second-order valence-electron chi connectivity index (χ2n) is 5.91. The second-order valence-corrected chi connectivity index (χ2v) is 7.97. The number of hydrogen-bond acceptors (Lipinski definition) is 4. The van der Waals surface area contributed by atoms with E-state index in [1.165, 1.54) is 12.3 Å². The van der Waals surface area contributed by atoms with Gasteiger partial charge in [-0.05, 0) is 43.9 Å². The van der Waals surface area contributed by atoms with Crippen molar-refractivity contribution in [1.82, 2.24) is 9.78 Å². The number of sulfonamides is 1. The Morgan fingerprint density at radius 2 is 2.25 bits per heavy atom. The summed E-state index contributed by atoms with van der Waals surface area (Å²) in [7, 11) is -3.71. The standard InChI is InChI=1S/C16H20ClN3O3S/c1-12-15(17)6-4-7-16(12)24(21,22)19-13-9-18-20(10-13)11-14-5-2-3-8-23-14/h4,6-7,9-10,14,19H,2-3,5,8,11H2,1H3. The lowest BCUT2D eigenvalue weighted by Crippen LogP contribution is -2.24. The number of hydrogen-bond donors (Lipinski definition) is 1. The number of aromatic nitrogens is 2. The van der Waals surface area contributed by atoms with Crippen molar-refractivity contribution >= 4 is 27.3 Å². The van der Waals surface area contributed by atoms with Gasteiger partial charge < -0.3 is 4.74 Å². The van der Waals surface area contributed by atoms with Gasteiger partial charge in [-0.3, -0.25) is 9.40 Å². The lowest BCUT2D eigenvalue weighted by atomic mass is 10.1. The van der Waals surface area contributed by atoms with E-state index < -0.39 is 10.0 Å². The molecule has 0 saturated carbocycles. The fourth-order valence-corrected chi connectivity index (χ4v) is 4.29. The molecule has 130 valence electrons. The maximum atomic E-state index is 12.5. The van der Waals surface area contributed by atoms with E-state index in [1.807, 2.05) is 0 Å². The Bertz CT molecular complexity index is 814. The molecule has 1 fully saturated rings. The maximum Gasteiger partial charge on any atom is 0.262 e. The van der Waals surface area contributed by atoms with E-state index in [2.05, 4.69) is 9.82 Å². The second kappa shape index (κ2) is 7.13. The van der Waals surface area contributed by atoms with Gasteiger partial charge in [-0.25, -0.2) is 8.42 Å². The molecule has 0 amide bonds. The molecule has 1 aliphatic rings. The van der Waals surface area contributed by atoms with Crippen molar-refractivity contribution in [1.29, 1.82) is 0 Å². The van der Waals surface area contributed by atoms with Crippen LogP contribution in [0, 0.1) is 6.92 Å². The number of halogens is 1. The summed E-state index contributed by atoms with van der Waals surface area (Å²) in [6.45, 7) is 3.08. The van der Waals surface area contributed by atoms with Crippen LogP contribution in [0.15, 0.2) is 35.5 Å². The highest BCUT2D eigenvalue weighted by molar-refractivity contribution is 7.92. The van der Waals surface area contributed by atoms with Crippen molar-refractivity contribution in [2.24, 2.45) is 0 Å². The molecular formula is C16H20ClN3O3S. The van der Waals surface area contributed by atoms with E-state index in [0.717, 1.165) is 25.9 Å². The van der Waals surface area contributed by atoms with Gasteiger partial charge in [-0.1, -0.05) is 17.7 Å². The molecular weight excluding hydrogens is 350 g/mol. The molecule has 1 aromatic carbocycles. The third kappa shape index (κ3) is 3.91. The van der Waals surface area contributed by atoms with Crippen LogP contribution in [0.25, 0.3) is 0 Å². The van der Waals surface area contributed by atoms with Gasteiger partial charge in [0.05, 0.1) is 29.4 Å². The Morgan fingerprint density at radius 3 is 3.00 bits per heavy atom. The van der Waals surface area contributed by atoms with Crippen LogP contribution in [-0.4, -0.2) is 30.9 Å². The molecule has 6 nitrogen and oxygen atoms in total. The van der Waals surface area contributed by atoms with Crippen molar-refractivity contribution in [3.8, 4) is 0 Å². The van der Waals surface area contributed by atoms with E-state index in [9.17, 15) is 8.42 Å². The number of ether oxygens (including phenoxy) is 1. The molecule has 0 bridgehead atoms. The van der Waals surface area contributed by atoms with Gasteiger partial charge >= 0.3 is 0 Å². The van der Waals surface area contributed by atoms with Crippen LogP contribution in [0.5, 0.6) is 0 Å². The Kier molecular flexibility index (Phi) is 5.12. The minimum Gasteiger partial charge on any atom is -0.376 e. The molecule has 3 rings (SSSR count). The van der Waals surface area contributed by atoms with E-state index in [4.69, 9.17) is 16.3 Å². The molecule has 1 aliphatic heterocycles. The van der Waals surface area contributed by atoms with Gasteiger partial charge in [0.15, 0.2) is 0 Å². The Balaban J connectivity index is 1.72. The molecule has 2 heterocycles. The molecule has 2 aromatic rings. The lowest BCUT2D eigenvalue weighted by Gasteiger charge is -2.22. The highest BCUT2D eigenvalue weighted by Crippen LogP contribution is 2.24. The number of nitrogens with zero attached hydrogens (tertiary/aromatic N) is 2. The maximum absolute atomic E-state index is 12.5. The molecule has 1 N–H and O–H groups in total. The molecule has 8 heteroatoms. The summed E-state index contributed by atoms with van der Waals surface area (Å²) >= 11 is 6.01. The Hall–Kier alpha value is -1.57. The van der Waals surface area contributed by atoms with Crippen LogP contribution in [0.1, 0.15) is 24.8 Å². The SMILES string of the molecule is Cc1c(Cl)cccc1S(=O)(=O)Nc1cnn(CC2CCCCO2)c1. The van der Waals surface area contributed by atoms with Gasteiger partial charge in [-0.2, -0.15) is 5.10 Å². The highest BCUT2D eigenvalue weighted by Gasteiger charge is 2.20. The van der Waals surface area contributed by atoms with Crippen LogP contribution in [0.3, 0.4) is 0 Å². The first-order chi connectivity index (χ1) is 11.5. The summed E-state index contributed by atoms with van der Waals surface area (Å²) in [5, 5.41) is 4.63. The number of rotatable bonds is 5. The molecule has 1 aromatic heterocycles. The summed E-state index contributed by atoms with van der Waals surface area (Å²) < 4.78 is 35.0. The summed E-state index contributed by atoms with van der Waals surface area (Å²) in [5.41, 5.74) is 0.944. The van der Waals surface area contributed by atoms with E-state index >= 15 is 0 Å². The molecule has 0 aliphatic carbocycles. The number of benzene rings is 1. The lowest BCUT2D eigenvalue weighted by molar-refractivity contribution is 0.00401. The zero-order valence-corrected chi connectivity index (χ0v) is 15.0. The van der Waals surface area contributed by atoms with Crippen LogP contribution < -0.4 is 4.72 Å². The van der Waals surface area contributed by atoms with Crippen molar-refractivity contribution in [2.75, 3.05) is 11.3 Å². The molecule has 24 heavy (non-hydrogen) atoms. The average molecular weight is 370 g/mol. The zero-order valence-electron chi connectivity index (χ0n) is 13.4. The highest BCUT2D eigenvalue weighted by atomic mass is 35.5. The van der Waals surface area contributed by atoms with Crippen molar-refractivity contribution < 1.29 is 13.2 Å². The summed E-state index contributed by atoms with van der Waals surface area (Å²) in [5.74, 6) is 0. The van der Waals surface area contributed by atoms with Gasteiger partial charge in [-0.15, -0.1) is 0 Å². The van der Waals surface area contributed by atoms with E-state index in [0.29, 0.717) is 22.8 Å². The number of nitrogens with one attached hydrogen (secondary N) is 1. The molecule has 1 atom stereocenters. The smallest absolute Gasteiger partial charge is 0.262 e. The monoisotopic (exact) mass is 369 g/mol. The summed E-state index contributed by atoms with van der Waals surface area (Å²) in [4.78, 5) is 0.165. The van der Waals surface area contributed by atoms with Crippen LogP contribution in [0.2, 0.25) is 5.02 Å².